The first-order valence-electron chi connectivity index (χ1n) is 10.9. The maximum absolute atomic E-state index is 13.6. The summed E-state index contributed by atoms with van der Waals surface area (Å²) in [6.07, 6.45) is 11.3. The van der Waals surface area contributed by atoms with Gasteiger partial charge >= 0.3 is 5.97 Å². The fourth-order valence-electron chi connectivity index (χ4n) is 5.88. The van der Waals surface area contributed by atoms with Crippen LogP contribution >= 0.6 is 0 Å². The van der Waals surface area contributed by atoms with Crippen LogP contribution in [0, 0.1) is 39.9 Å². The van der Waals surface area contributed by atoms with Crippen LogP contribution in [-0.4, -0.2) is 12.1 Å². The van der Waals surface area contributed by atoms with Gasteiger partial charge in [0.2, 0.25) is 0 Å². The van der Waals surface area contributed by atoms with Gasteiger partial charge in [-0.05, 0) is 57.3 Å². The first-order chi connectivity index (χ1) is 12.3. The van der Waals surface area contributed by atoms with Gasteiger partial charge in [0, 0.05) is 5.41 Å². The fourth-order valence-corrected chi connectivity index (χ4v) is 5.88. The standard InChI is InChI=1S/C23H39NO2/c1-17(2)22(5,19-12-8-6-9-13-19)23(16-24,21(25)26-18(3)4)20-14-10-7-11-15-20/h17-20H,6-15H2,1-5H3. The van der Waals surface area contributed by atoms with E-state index in [1.165, 1.54) is 25.7 Å². The summed E-state index contributed by atoms with van der Waals surface area (Å²) >= 11 is 0. The van der Waals surface area contributed by atoms with E-state index in [0.717, 1.165) is 38.5 Å². The van der Waals surface area contributed by atoms with Crippen molar-refractivity contribution in [2.75, 3.05) is 0 Å². The van der Waals surface area contributed by atoms with Crippen LogP contribution in [0.15, 0.2) is 0 Å². The molecule has 0 amide bonds. The highest BCUT2D eigenvalue weighted by atomic mass is 16.5. The minimum absolute atomic E-state index is 0.127. The largest absolute Gasteiger partial charge is 0.462 e. The highest BCUT2D eigenvalue weighted by molar-refractivity contribution is 5.82. The number of nitriles is 1. The molecule has 3 nitrogen and oxygen atoms in total. The topological polar surface area (TPSA) is 50.1 Å². The third-order valence-electron chi connectivity index (χ3n) is 7.56. The van der Waals surface area contributed by atoms with Gasteiger partial charge in [-0.25, -0.2) is 0 Å². The van der Waals surface area contributed by atoms with Crippen molar-refractivity contribution < 1.29 is 9.53 Å². The molecule has 2 rings (SSSR count). The lowest BCUT2D eigenvalue weighted by molar-refractivity contribution is -0.179. The number of carbonyl (C=O) groups excluding carboxylic acids is 1. The molecule has 2 unspecified atom stereocenters. The molecule has 0 aromatic carbocycles. The Kier molecular flexibility index (Phi) is 7.17. The minimum atomic E-state index is -1.02. The van der Waals surface area contributed by atoms with E-state index in [9.17, 15) is 10.1 Å². The Morgan fingerprint density at radius 3 is 1.77 bits per heavy atom. The van der Waals surface area contributed by atoms with Crippen LogP contribution in [0.1, 0.15) is 98.8 Å². The van der Waals surface area contributed by atoms with Crippen molar-refractivity contribution in [2.45, 2.75) is 105 Å². The molecule has 0 radical (unpaired) electrons. The average molecular weight is 362 g/mol. The molecule has 2 aliphatic rings. The van der Waals surface area contributed by atoms with Gasteiger partial charge in [0.15, 0.2) is 5.41 Å². The van der Waals surface area contributed by atoms with E-state index < -0.39 is 5.41 Å². The first-order valence-corrected chi connectivity index (χ1v) is 10.9. The number of nitrogens with zero attached hydrogens (tertiary/aromatic N) is 1. The van der Waals surface area contributed by atoms with Gasteiger partial charge in [-0.15, -0.1) is 0 Å². The summed E-state index contributed by atoms with van der Waals surface area (Å²) < 4.78 is 5.79. The molecule has 2 aliphatic carbocycles. The van der Waals surface area contributed by atoms with Gasteiger partial charge in [0.25, 0.3) is 0 Å². The SMILES string of the molecule is CC(C)OC(=O)C(C#N)(C1CCCCC1)C(C)(C(C)C)C1CCCCC1. The van der Waals surface area contributed by atoms with E-state index in [1.54, 1.807) is 0 Å². The second kappa shape index (κ2) is 8.77. The van der Waals surface area contributed by atoms with Crippen molar-refractivity contribution in [1.29, 1.82) is 5.26 Å². The molecule has 0 aromatic rings. The van der Waals surface area contributed by atoms with Crippen LogP contribution in [0.3, 0.4) is 0 Å². The lowest BCUT2D eigenvalue weighted by Gasteiger charge is -2.55. The molecule has 0 N–H and O–H groups in total. The molecule has 0 saturated heterocycles. The Morgan fingerprint density at radius 1 is 0.923 bits per heavy atom. The Balaban J connectivity index is 2.57. The second-order valence-corrected chi connectivity index (χ2v) is 9.48. The maximum atomic E-state index is 13.6. The highest BCUT2D eigenvalue weighted by Crippen LogP contribution is 2.60. The second-order valence-electron chi connectivity index (χ2n) is 9.48. The summed E-state index contributed by atoms with van der Waals surface area (Å²) in [7, 11) is 0. The van der Waals surface area contributed by atoms with Gasteiger partial charge < -0.3 is 4.74 Å². The molecular weight excluding hydrogens is 322 g/mol. The maximum Gasteiger partial charge on any atom is 0.327 e. The lowest BCUT2D eigenvalue weighted by atomic mass is 9.46. The monoisotopic (exact) mass is 361 g/mol. The number of hydrogen-bond acceptors (Lipinski definition) is 3. The molecule has 2 fully saturated rings. The predicted octanol–water partition coefficient (Wildman–Crippen LogP) is 6.27. The third kappa shape index (κ3) is 3.67. The van der Waals surface area contributed by atoms with E-state index in [4.69, 9.17) is 4.74 Å². The molecule has 26 heavy (non-hydrogen) atoms. The number of esters is 1. The van der Waals surface area contributed by atoms with Crippen molar-refractivity contribution in [3.05, 3.63) is 0 Å². The van der Waals surface area contributed by atoms with Crippen molar-refractivity contribution in [3.63, 3.8) is 0 Å². The van der Waals surface area contributed by atoms with Gasteiger partial charge in [0.1, 0.15) is 0 Å². The number of rotatable bonds is 6. The summed E-state index contributed by atoms with van der Waals surface area (Å²) in [6, 6.07) is 2.64. The van der Waals surface area contributed by atoms with Crippen molar-refractivity contribution >= 4 is 5.97 Å². The predicted molar refractivity (Wildman–Crippen MR) is 105 cm³/mol. The van der Waals surface area contributed by atoms with Crippen LogP contribution in [-0.2, 0) is 9.53 Å². The van der Waals surface area contributed by atoms with E-state index >= 15 is 0 Å². The third-order valence-corrected chi connectivity index (χ3v) is 7.56. The molecule has 0 bridgehead atoms. The Labute approximate surface area is 160 Å². The zero-order valence-electron chi connectivity index (χ0n) is 17.6. The smallest absolute Gasteiger partial charge is 0.327 e. The molecule has 3 heteroatoms. The Hall–Kier alpha value is -1.04. The molecule has 0 spiro atoms. The summed E-state index contributed by atoms with van der Waals surface area (Å²) in [5.41, 5.74) is -1.36. The minimum Gasteiger partial charge on any atom is -0.462 e. The number of hydrogen-bond donors (Lipinski definition) is 0. The number of carbonyl (C=O) groups is 1. The molecular formula is C23H39NO2. The molecule has 2 saturated carbocycles. The van der Waals surface area contributed by atoms with Crippen LogP contribution in [0.25, 0.3) is 0 Å². The van der Waals surface area contributed by atoms with E-state index in [0.29, 0.717) is 5.92 Å². The Morgan fingerprint density at radius 2 is 1.38 bits per heavy atom. The molecule has 0 aliphatic heterocycles. The zero-order valence-corrected chi connectivity index (χ0v) is 17.6. The van der Waals surface area contributed by atoms with Gasteiger partial charge in [-0.2, -0.15) is 5.26 Å². The van der Waals surface area contributed by atoms with Crippen LogP contribution in [0.5, 0.6) is 0 Å². The highest BCUT2D eigenvalue weighted by Gasteiger charge is 2.63. The van der Waals surface area contributed by atoms with E-state index in [2.05, 4.69) is 26.8 Å². The van der Waals surface area contributed by atoms with Crippen molar-refractivity contribution in [2.24, 2.45) is 28.6 Å². The van der Waals surface area contributed by atoms with Crippen LogP contribution < -0.4 is 0 Å². The van der Waals surface area contributed by atoms with E-state index in [-0.39, 0.29) is 29.3 Å². The van der Waals surface area contributed by atoms with E-state index in [1.807, 2.05) is 13.8 Å². The first kappa shape index (κ1) is 21.3. The molecule has 2 atom stereocenters. The zero-order chi connectivity index (χ0) is 19.4. The molecule has 148 valence electrons. The molecule has 0 aromatic heterocycles. The van der Waals surface area contributed by atoms with Crippen LogP contribution in [0.2, 0.25) is 0 Å². The summed E-state index contributed by atoms with van der Waals surface area (Å²) in [5.74, 6) is 0.579. The summed E-state index contributed by atoms with van der Waals surface area (Å²) in [5, 5.41) is 10.6. The lowest BCUT2D eigenvalue weighted by Crippen LogP contribution is -2.58. The van der Waals surface area contributed by atoms with Crippen LogP contribution in [0.4, 0.5) is 0 Å². The van der Waals surface area contributed by atoms with Gasteiger partial charge in [-0.1, -0.05) is 59.3 Å². The van der Waals surface area contributed by atoms with Crippen molar-refractivity contribution in [1.82, 2.24) is 0 Å². The Bertz CT molecular complexity index is 509. The summed E-state index contributed by atoms with van der Waals surface area (Å²) in [6.45, 7) is 10.5. The molecule has 0 heterocycles. The van der Waals surface area contributed by atoms with Gasteiger partial charge in [0.05, 0.1) is 12.2 Å². The average Bonchev–Trinajstić information content (AvgIpc) is 2.63. The summed E-state index contributed by atoms with van der Waals surface area (Å²) in [4.78, 5) is 13.6. The quantitative estimate of drug-likeness (QED) is 0.524. The number of ether oxygens (including phenoxy) is 1. The normalized spacial score (nSPS) is 24.7. The fraction of sp³-hybridized carbons (Fsp3) is 0.913. The van der Waals surface area contributed by atoms with Gasteiger partial charge in [-0.3, -0.25) is 4.79 Å². The van der Waals surface area contributed by atoms with Crippen molar-refractivity contribution in [3.8, 4) is 6.07 Å².